The molecule has 0 aliphatic heterocycles. The van der Waals surface area contributed by atoms with Gasteiger partial charge in [0.25, 0.3) is 5.89 Å². The number of aryl methyl sites for hydroxylation is 1. The molecule has 0 spiro atoms. The van der Waals surface area contributed by atoms with Crippen LogP contribution < -0.4 is 10.6 Å². The van der Waals surface area contributed by atoms with Crippen LogP contribution in [-0.2, 0) is 0 Å². The van der Waals surface area contributed by atoms with Gasteiger partial charge < -0.3 is 20.3 Å². The number of carbonyl (C=O) groups is 1. The Balaban J connectivity index is 1.78. The predicted molar refractivity (Wildman–Crippen MR) is 85.2 cm³/mol. The Bertz CT molecular complexity index is 694. The van der Waals surface area contributed by atoms with E-state index in [-0.39, 0.29) is 12.6 Å². The van der Waals surface area contributed by atoms with Crippen molar-refractivity contribution in [3.63, 3.8) is 0 Å². The topological polar surface area (TPSA) is 100 Å². The van der Waals surface area contributed by atoms with Crippen molar-refractivity contribution in [2.45, 2.75) is 32.1 Å². The van der Waals surface area contributed by atoms with E-state index in [9.17, 15) is 4.79 Å². The van der Waals surface area contributed by atoms with Crippen molar-refractivity contribution in [2.75, 3.05) is 18.5 Å². The van der Waals surface area contributed by atoms with Gasteiger partial charge in [-0.15, -0.1) is 0 Å². The number of nitrogens with one attached hydrogen (secondary N) is 2. The second kappa shape index (κ2) is 6.78. The van der Waals surface area contributed by atoms with E-state index in [0.717, 1.165) is 24.2 Å². The van der Waals surface area contributed by atoms with Crippen LogP contribution in [0.5, 0.6) is 0 Å². The average molecular weight is 316 g/mol. The van der Waals surface area contributed by atoms with Gasteiger partial charge in [0.1, 0.15) is 0 Å². The number of aromatic nitrogens is 2. The number of amides is 2. The molecule has 0 unspecified atom stereocenters. The zero-order valence-corrected chi connectivity index (χ0v) is 13.0. The molecule has 1 aliphatic carbocycles. The lowest BCUT2D eigenvalue weighted by Gasteiger charge is -2.10. The number of nitrogens with zero attached hydrogens (tertiary/aromatic N) is 2. The predicted octanol–water partition coefficient (Wildman–Crippen LogP) is 2.43. The number of carbonyl (C=O) groups excluding carboxylic acids is 1. The van der Waals surface area contributed by atoms with Crippen LogP contribution in [0.25, 0.3) is 11.5 Å². The molecule has 0 bridgehead atoms. The Morgan fingerprint density at radius 3 is 3.00 bits per heavy atom. The third-order valence-electron chi connectivity index (χ3n) is 3.66. The van der Waals surface area contributed by atoms with Gasteiger partial charge in [0.15, 0.2) is 5.82 Å². The van der Waals surface area contributed by atoms with Gasteiger partial charge >= 0.3 is 6.03 Å². The minimum Gasteiger partial charge on any atom is -0.396 e. The first kappa shape index (κ1) is 15.5. The summed E-state index contributed by atoms with van der Waals surface area (Å²) in [5.41, 5.74) is 2.36. The van der Waals surface area contributed by atoms with Crippen LogP contribution >= 0.6 is 0 Å². The van der Waals surface area contributed by atoms with E-state index in [2.05, 4.69) is 20.8 Å². The Labute approximate surface area is 134 Å². The summed E-state index contributed by atoms with van der Waals surface area (Å²) in [6.07, 6.45) is 2.72. The molecule has 0 saturated heterocycles. The zero-order valence-electron chi connectivity index (χ0n) is 13.0. The Morgan fingerprint density at radius 2 is 2.26 bits per heavy atom. The molecule has 1 heterocycles. The second-order valence-electron chi connectivity index (χ2n) is 5.74. The van der Waals surface area contributed by atoms with Gasteiger partial charge in [-0.1, -0.05) is 16.8 Å². The monoisotopic (exact) mass is 316 g/mol. The van der Waals surface area contributed by atoms with E-state index in [0.29, 0.717) is 36.0 Å². The molecule has 0 atom stereocenters. The third kappa shape index (κ3) is 3.87. The second-order valence-corrected chi connectivity index (χ2v) is 5.74. The molecular weight excluding hydrogens is 296 g/mol. The maximum atomic E-state index is 11.9. The van der Waals surface area contributed by atoms with Gasteiger partial charge in [-0.2, -0.15) is 4.98 Å². The van der Waals surface area contributed by atoms with Gasteiger partial charge in [0.2, 0.25) is 0 Å². The summed E-state index contributed by atoms with van der Waals surface area (Å²) in [5.74, 6) is 1.57. The molecule has 3 rings (SSSR count). The van der Waals surface area contributed by atoms with E-state index in [1.54, 1.807) is 0 Å². The first-order chi connectivity index (χ1) is 11.2. The summed E-state index contributed by atoms with van der Waals surface area (Å²) in [4.78, 5) is 16.4. The van der Waals surface area contributed by atoms with Crippen molar-refractivity contribution < 1.29 is 14.4 Å². The van der Waals surface area contributed by atoms with Crippen LogP contribution in [0.3, 0.4) is 0 Å². The first-order valence-electron chi connectivity index (χ1n) is 7.77. The molecule has 1 aromatic heterocycles. The molecule has 3 N–H and O–H groups in total. The molecule has 1 aliphatic rings. The van der Waals surface area contributed by atoms with Crippen LogP contribution in [0.4, 0.5) is 10.5 Å². The van der Waals surface area contributed by atoms with Crippen molar-refractivity contribution in [2.24, 2.45) is 0 Å². The van der Waals surface area contributed by atoms with Gasteiger partial charge in [0, 0.05) is 19.1 Å². The molecule has 1 aromatic carbocycles. The fraction of sp³-hybridized carbons (Fsp3) is 0.438. The van der Waals surface area contributed by atoms with Gasteiger partial charge in [-0.3, -0.25) is 0 Å². The maximum Gasteiger partial charge on any atom is 0.319 e. The Morgan fingerprint density at radius 1 is 1.43 bits per heavy atom. The molecule has 23 heavy (non-hydrogen) atoms. The van der Waals surface area contributed by atoms with Crippen LogP contribution in [0.1, 0.15) is 36.6 Å². The summed E-state index contributed by atoms with van der Waals surface area (Å²) < 4.78 is 5.36. The van der Waals surface area contributed by atoms with E-state index in [1.807, 2.05) is 25.1 Å². The van der Waals surface area contributed by atoms with E-state index >= 15 is 0 Å². The molecule has 7 nitrogen and oxygen atoms in total. The highest BCUT2D eigenvalue weighted by Crippen LogP contribution is 2.39. The van der Waals surface area contributed by atoms with Crippen molar-refractivity contribution in [3.8, 4) is 11.5 Å². The van der Waals surface area contributed by atoms with Crippen molar-refractivity contribution in [1.82, 2.24) is 15.5 Å². The number of benzene rings is 1. The Hall–Kier alpha value is -2.41. The van der Waals surface area contributed by atoms with Crippen LogP contribution in [0.2, 0.25) is 0 Å². The molecule has 2 amide bonds. The zero-order chi connectivity index (χ0) is 16.2. The molecule has 2 aromatic rings. The number of rotatable bonds is 6. The minimum absolute atomic E-state index is 0.0436. The average Bonchev–Trinajstić information content (AvgIpc) is 3.27. The fourth-order valence-corrected chi connectivity index (χ4v) is 2.24. The normalized spacial score (nSPS) is 13.8. The lowest BCUT2D eigenvalue weighted by atomic mass is 10.1. The molecule has 1 saturated carbocycles. The molecule has 7 heteroatoms. The Kier molecular flexibility index (Phi) is 4.57. The largest absolute Gasteiger partial charge is 0.396 e. The van der Waals surface area contributed by atoms with Gasteiger partial charge in [0.05, 0.1) is 11.3 Å². The summed E-state index contributed by atoms with van der Waals surface area (Å²) in [6, 6.07) is 5.31. The first-order valence-corrected chi connectivity index (χ1v) is 7.77. The fourth-order valence-electron chi connectivity index (χ4n) is 2.24. The highest BCUT2D eigenvalue weighted by molar-refractivity contribution is 5.93. The SMILES string of the molecule is Cc1ccc(NC(=O)NCCCO)c(-c2nc(C3CC3)no2)c1. The summed E-state index contributed by atoms with van der Waals surface area (Å²) in [7, 11) is 0. The van der Waals surface area contributed by atoms with E-state index in [4.69, 9.17) is 9.63 Å². The molecule has 122 valence electrons. The number of urea groups is 1. The third-order valence-corrected chi connectivity index (χ3v) is 3.66. The number of hydrogen-bond acceptors (Lipinski definition) is 5. The summed E-state index contributed by atoms with van der Waals surface area (Å²) >= 11 is 0. The highest BCUT2D eigenvalue weighted by atomic mass is 16.5. The van der Waals surface area contributed by atoms with Crippen LogP contribution in [-0.4, -0.2) is 34.4 Å². The summed E-state index contributed by atoms with van der Waals surface area (Å²) in [5, 5.41) is 18.2. The number of hydrogen-bond donors (Lipinski definition) is 3. The summed E-state index contributed by atoms with van der Waals surface area (Å²) in [6.45, 7) is 2.42. The minimum atomic E-state index is -0.328. The maximum absolute atomic E-state index is 11.9. The highest BCUT2D eigenvalue weighted by Gasteiger charge is 2.29. The lowest BCUT2D eigenvalue weighted by molar-refractivity contribution is 0.249. The van der Waals surface area contributed by atoms with Gasteiger partial charge in [-0.05, 0) is 38.3 Å². The van der Waals surface area contributed by atoms with Gasteiger partial charge in [-0.25, -0.2) is 4.79 Å². The molecule has 1 fully saturated rings. The number of aliphatic hydroxyl groups excluding tert-OH is 1. The van der Waals surface area contributed by atoms with Crippen molar-refractivity contribution in [1.29, 1.82) is 0 Å². The number of aliphatic hydroxyl groups is 1. The molecular formula is C16H20N4O3. The quantitative estimate of drug-likeness (QED) is 0.711. The van der Waals surface area contributed by atoms with E-state index in [1.165, 1.54) is 0 Å². The van der Waals surface area contributed by atoms with Crippen molar-refractivity contribution >= 4 is 11.7 Å². The smallest absolute Gasteiger partial charge is 0.319 e. The lowest BCUT2D eigenvalue weighted by Crippen LogP contribution is -2.30. The van der Waals surface area contributed by atoms with Crippen LogP contribution in [0, 0.1) is 6.92 Å². The number of anilines is 1. The van der Waals surface area contributed by atoms with Crippen LogP contribution in [0.15, 0.2) is 22.7 Å². The van der Waals surface area contributed by atoms with E-state index < -0.39 is 0 Å². The standard InChI is InChI=1S/C16H20N4O3/c1-10-3-6-13(18-16(22)17-7-2-8-21)12(9-10)15-19-14(20-23-15)11-4-5-11/h3,6,9,11,21H,2,4-5,7-8H2,1H3,(H2,17,18,22). The van der Waals surface area contributed by atoms with Crippen molar-refractivity contribution in [3.05, 3.63) is 29.6 Å². The molecule has 0 radical (unpaired) electrons.